The van der Waals surface area contributed by atoms with E-state index in [0.717, 1.165) is 6.07 Å². The highest BCUT2D eigenvalue weighted by molar-refractivity contribution is 5.65. The maximum Gasteiger partial charge on any atom is 0.430 e. The fourth-order valence-electron chi connectivity index (χ4n) is 2.07. The molecule has 0 aliphatic rings. The van der Waals surface area contributed by atoms with Crippen LogP contribution in [-0.4, -0.2) is 22.6 Å². The highest BCUT2D eigenvalue weighted by Crippen LogP contribution is 2.50. The Hall–Kier alpha value is -2.22. The Morgan fingerprint density at radius 1 is 0.696 bits per heavy atom. The summed E-state index contributed by atoms with van der Waals surface area (Å²) >= 11 is 0. The van der Waals surface area contributed by atoms with Gasteiger partial charge in [-0.1, -0.05) is 30.3 Å². The first-order valence-electron chi connectivity index (χ1n) is 6.22. The van der Waals surface area contributed by atoms with E-state index in [1.165, 1.54) is 30.3 Å². The summed E-state index contributed by atoms with van der Waals surface area (Å²) in [5.74, 6) is -0.105. The predicted octanol–water partition coefficient (Wildman–Crippen LogP) is 4.37. The minimum atomic E-state index is -5.93. The van der Waals surface area contributed by atoms with Gasteiger partial charge in [0.05, 0.1) is 0 Å². The van der Waals surface area contributed by atoms with Crippen molar-refractivity contribution in [1.29, 1.82) is 0 Å². The summed E-state index contributed by atoms with van der Waals surface area (Å²) in [7, 11) is 0. The molecule has 0 atom stereocenters. The van der Waals surface area contributed by atoms with Crippen LogP contribution in [0.15, 0.2) is 48.5 Å². The van der Waals surface area contributed by atoms with Gasteiger partial charge in [0.2, 0.25) is 0 Å². The Morgan fingerprint density at radius 3 is 1.70 bits per heavy atom. The van der Waals surface area contributed by atoms with E-state index >= 15 is 0 Å². The van der Waals surface area contributed by atoms with E-state index in [0.29, 0.717) is 12.1 Å². The summed E-state index contributed by atoms with van der Waals surface area (Å²) in [5.41, 5.74) is -5.97. The molecule has 0 heterocycles. The monoisotopic (exact) mass is 336 g/mol. The van der Waals surface area contributed by atoms with Crippen molar-refractivity contribution in [3.8, 4) is 16.9 Å². The van der Waals surface area contributed by atoms with Crippen LogP contribution in [0.2, 0.25) is 0 Å². The molecule has 0 spiro atoms. The summed E-state index contributed by atoms with van der Waals surface area (Å²) in [6, 6.07) is 8.59. The van der Waals surface area contributed by atoms with Gasteiger partial charge < -0.3 is 10.2 Å². The fourth-order valence-corrected chi connectivity index (χ4v) is 2.07. The number of phenols is 1. The van der Waals surface area contributed by atoms with Gasteiger partial charge in [0.15, 0.2) is 0 Å². The van der Waals surface area contributed by atoms with E-state index in [-0.39, 0.29) is 16.9 Å². The number of benzene rings is 2. The van der Waals surface area contributed by atoms with E-state index in [2.05, 4.69) is 0 Å². The second kappa shape index (κ2) is 5.45. The van der Waals surface area contributed by atoms with Crippen molar-refractivity contribution in [2.75, 3.05) is 0 Å². The third kappa shape index (κ3) is 2.98. The number of hydrogen-bond donors (Lipinski definition) is 2. The van der Waals surface area contributed by atoms with Crippen molar-refractivity contribution in [2.24, 2.45) is 0 Å². The average molecular weight is 336 g/mol. The zero-order chi connectivity index (χ0) is 17.5. The number of hydrogen-bond acceptors (Lipinski definition) is 2. The van der Waals surface area contributed by atoms with E-state index in [1.54, 1.807) is 0 Å². The zero-order valence-electron chi connectivity index (χ0n) is 11.3. The molecule has 2 N–H and O–H groups in total. The predicted molar refractivity (Wildman–Crippen MR) is 69.5 cm³/mol. The first kappa shape index (κ1) is 17.1. The maximum atomic E-state index is 12.9. The van der Waals surface area contributed by atoms with Crippen LogP contribution in [0, 0.1) is 0 Å². The lowest BCUT2D eigenvalue weighted by Gasteiger charge is -2.32. The number of halogens is 6. The van der Waals surface area contributed by atoms with Crippen LogP contribution in [-0.2, 0) is 5.60 Å². The Balaban J connectivity index is 2.59. The van der Waals surface area contributed by atoms with Gasteiger partial charge in [0.25, 0.3) is 5.60 Å². The lowest BCUT2D eigenvalue weighted by molar-refractivity contribution is -0.376. The van der Waals surface area contributed by atoms with Gasteiger partial charge in [0, 0.05) is 5.56 Å². The number of alkyl halides is 6. The lowest BCUT2D eigenvalue weighted by Crippen LogP contribution is -2.53. The number of aromatic hydroxyl groups is 1. The average Bonchev–Trinajstić information content (AvgIpc) is 2.45. The van der Waals surface area contributed by atoms with Crippen LogP contribution >= 0.6 is 0 Å². The summed E-state index contributed by atoms with van der Waals surface area (Å²) in [6.07, 6.45) is -11.9. The standard InChI is InChI=1S/C15H10F6O2/c16-14(17,18)13(23,15(19,20)21)11-3-1-2-10(8-11)9-4-6-12(22)7-5-9/h1-8,22-23H. The van der Waals surface area contributed by atoms with Crippen molar-refractivity contribution in [1.82, 2.24) is 0 Å². The normalized spacial score (nSPS) is 13.2. The molecule has 2 aromatic rings. The second-order valence-electron chi connectivity index (χ2n) is 4.83. The van der Waals surface area contributed by atoms with E-state index < -0.39 is 23.5 Å². The van der Waals surface area contributed by atoms with Crippen LogP contribution in [0.1, 0.15) is 5.56 Å². The molecule has 2 aromatic carbocycles. The Labute approximate surface area is 126 Å². The number of aliphatic hydroxyl groups is 1. The molecule has 0 aliphatic carbocycles. The molecule has 0 bridgehead atoms. The van der Waals surface area contributed by atoms with E-state index in [9.17, 15) is 31.4 Å². The third-order valence-corrected chi connectivity index (χ3v) is 3.30. The molecule has 0 aliphatic heterocycles. The highest BCUT2D eigenvalue weighted by Gasteiger charge is 2.71. The van der Waals surface area contributed by atoms with E-state index in [1.807, 2.05) is 0 Å². The largest absolute Gasteiger partial charge is 0.508 e. The zero-order valence-corrected chi connectivity index (χ0v) is 11.3. The number of rotatable bonds is 2. The third-order valence-electron chi connectivity index (χ3n) is 3.30. The van der Waals surface area contributed by atoms with Crippen LogP contribution in [0.3, 0.4) is 0 Å². The first-order valence-corrected chi connectivity index (χ1v) is 6.22. The Bertz CT molecular complexity index is 674. The van der Waals surface area contributed by atoms with Gasteiger partial charge in [-0.3, -0.25) is 0 Å². The fraction of sp³-hybridized carbons (Fsp3) is 0.200. The van der Waals surface area contributed by atoms with Crippen molar-refractivity contribution < 1.29 is 36.6 Å². The van der Waals surface area contributed by atoms with Crippen LogP contribution in [0.4, 0.5) is 26.3 Å². The molecule has 0 saturated heterocycles. The molecule has 0 radical (unpaired) electrons. The van der Waals surface area contributed by atoms with Crippen molar-refractivity contribution in [3.05, 3.63) is 54.1 Å². The van der Waals surface area contributed by atoms with Gasteiger partial charge in [-0.15, -0.1) is 0 Å². The van der Waals surface area contributed by atoms with Crippen molar-refractivity contribution >= 4 is 0 Å². The summed E-state index contributed by atoms with van der Waals surface area (Å²) in [5, 5.41) is 18.5. The molecule has 0 amide bonds. The molecular formula is C15H10F6O2. The molecular weight excluding hydrogens is 326 g/mol. The molecule has 0 unspecified atom stereocenters. The lowest BCUT2D eigenvalue weighted by atomic mass is 9.90. The highest BCUT2D eigenvalue weighted by atomic mass is 19.4. The van der Waals surface area contributed by atoms with Gasteiger partial charge >= 0.3 is 12.4 Å². The maximum absolute atomic E-state index is 12.9. The molecule has 8 heteroatoms. The van der Waals surface area contributed by atoms with Gasteiger partial charge in [-0.2, -0.15) is 26.3 Å². The minimum Gasteiger partial charge on any atom is -0.508 e. The molecule has 2 nitrogen and oxygen atoms in total. The van der Waals surface area contributed by atoms with Crippen LogP contribution in [0.5, 0.6) is 5.75 Å². The van der Waals surface area contributed by atoms with Gasteiger partial charge in [-0.05, 0) is 29.3 Å². The summed E-state index contributed by atoms with van der Waals surface area (Å²) in [6.45, 7) is 0. The molecule has 0 aromatic heterocycles. The SMILES string of the molecule is Oc1ccc(-c2cccc(C(O)(C(F)(F)F)C(F)(F)F)c2)cc1. The Morgan fingerprint density at radius 2 is 1.22 bits per heavy atom. The Kier molecular flexibility index (Phi) is 4.06. The number of phenolic OH excluding ortho intramolecular Hbond substituents is 1. The van der Waals surface area contributed by atoms with Gasteiger partial charge in [0.1, 0.15) is 5.75 Å². The molecule has 0 saturated carbocycles. The summed E-state index contributed by atoms with van der Waals surface area (Å²) in [4.78, 5) is 0. The molecule has 23 heavy (non-hydrogen) atoms. The molecule has 0 fully saturated rings. The smallest absolute Gasteiger partial charge is 0.430 e. The summed E-state index contributed by atoms with van der Waals surface area (Å²) < 4.78 is 77.2. The first-order chi connectivity index (χ1) is 10.5. The second-order valence-corrected chi connectivity index (χ2v) is 4.83. The van der Waals surface area contributed by atoms with Crippen LogP contribution < -0.4 is 0 Å². The minimum absolute atomic E-state index is 0.0365. The quantitative estimate of drug-likeness (QED) is 0.800. The topological polar surface area (TPSA) is 40.5 Å². The van der Waals surface area contributed by atoms with Crippen molar-refractivity contribution in [2.45, 2.75) is 18.0 Å². The van der Waals surface area contributed by atoms with E-state index in [4.69, 9.17) is 5.11 Å². The van der Waals surface area contributed by atoms with Gasteiger partial charge in [-0.25, -0.2) is 0 Å². The van der Waals surface area contributed by atoms with Crippen LogP contribution in [0.25, 0.3) is 11.1 Å². The molecule has 2 rings (SSSR count). The van der Waals surface area contributed by atoms with Crippen molar-refractivity contribution in [3.63, 3.8) is 0 Å². The molecule has 124 valence electrons.